The minimum atomic E-state index is 0.0622. The first-order chi connectivity index (χ1) is 6.99. The van der Waals surface area contributed by atoms with Crippen LogP contribution in [0.15, 0.2) is 0 Å². The Morgan fingerprint density at radius 1 is 1.20 bits per heavy atom. The van der Waals surface area contributed by atoms with Gasteiger partial charge >= 0.3 is 0 Å². The van der Waals surface area contributed by atoms with Gasteiger partial charge in [-0.25, -0.2) is 0 Å². The standard InChI is InChI=1S/C11H19NO3/c1-8(13)4-5-11(14)12-6-9(2)15-10(3)7-12/h9-10H,4-7H2,1-3H3. The number of ether oxygens (including phenoxy) is 1. The van der Waals surface area contributed by atoms with Crippen molar-refractivity contribution in [1.29, 1.82) is 0 Å². The molecule has 86 valence electrons. The summed E-state index contributed by atoms with van der Waals surface area (Å²) in [6.07, 6.45) is 0.860. The van der Waals surface area contributed by atoms with Gasteiger partial charge in [0, 0.05) is 25.9 Å². The molecule has 0 N–H and O–H groups in total. The normalized spacial score (nSPS) is 26.5. The summed E-state index contributed by atoms with van der Waals surface area (Å²) in [5, 5.41) is 0. The fourth-order valence-corrected chi connectivity index (χ4v) is 1.82. The number of Topliss-reactive ketones (excluding diaryl/α,β-unsaturated/α-hetero) is 1. The van der Waals surface area contributed by atoms with Crippen LogP contribution in [0.1, 0.15) is 33.6 Å². The Morgan fingerprint density at radius 3 is 2.20 bits per heavy atom. The summed E-state index contributed by atoms with van der Waals surface area (Å²) in [6, 6.07) is 0. The number of nitrogens with zero attached hydrogens (tertiary/aromatic N) is 1. The third-order valence-electron chi connectivity index (χ3n) is 2.46. The summed E-state index contributed by atoms with van der Waals surface area (Å²) in [6.45, 7) is 6.71. The van der Waals surface area contributed by atoms with E-state index in [-0.39, 0.29) is 23.9 Å². The lowest BCUT2D eigenvalue weighted by Gasteiger charge is -2.35. The molecule has 0 saturated carbocycles. The van der Waals surface area contributed by atoms with Crippen molar-refractivity contribution >= 4 is 11.7 Å². The molecular formula is C11H19NO3. The van der Waals surface area contributed by atoms with Crippen molar-refractivity contribution < 1.29 is 14.3 Å². The van der Waals surface area contributed by atoms with E-state index in [1.54, 1.807) is 4.90 Å². The molecule has 15 heavy (non-hydrogen) atoms. The molecule has 1 aliphatic heterocycles. The number of carbonyl (C=O) groups is 2. The van der Waals surface area contributed by atoms with Gasteiger partial charge < -0.3 is 14.4 Å². The lowest BCUT2D eigenvalue weighted by Crippen LogP contribution is -2.48. The number of ketones is 1. The van der Waals surface area contributed by atoms with Crippen LogP contribution in [-0.4, -0.2) is 41.9 Å². The summed E-state index contributed by atoms with van der Waals surface area (Å²) in [7, 11) is 0. The van der Waals surface area contributed by atoms with Gasteiger partial charge in [-0.3, -0.25) is 4.79 Å². The van der Waals surface area contributed by atoms with Crippen LogP contribution in [0.2, 0.25) is 0 Å². The summed E-state index contributed by atoms with van der Waals surface area (Å²) < 4.78 is 5.53. The quantitative estimate of drug-likeness (QED) is 0.702. The molecule has 0 aromatic heterocycles. The maximum absolute atomic E-state index is 11.7. The molecule has 1 saturated heterocycles. The van der Waals surface area contributed by atoms with Gasteiger partial charge in [-0.15, -0.1) is 0 Å². The van der Waals surface area contributed by atoms with Gasteiger partial charge in [0.25, 0.3) is 0 Å². The van der Waals surface area contributed by atoms with Crippen molar-refractivity contribution in [3.8, 4) is 0 Å². The second-order valence-corrected chi connectivity index (χ2v) is 4.26. The Kier molecular flexibility index (Phi) is 4.27. The first-order valence-corrected chi connectivity index (χ1v) is 5.41. The Balaban J connectivity index is 2.41. The zero-order chi connectivity index (χ0) is 11.4. The first kappa shape index (κ1) is 12.2. The summed E-state index contributed by atoms with van der Waals surface area (Å²) in [5.41, 5.74) is 0. The fraction of sp³-hybridized carbons (Fsp3) is 0.818. The maximum Gasteiger partial charge on any atom is 0.223 e. The number of amides is 1. The zero-order valence-corrected chi connectivity index (χ0v) is 9.66. The molecule has 1 amide bonds. The fourth-order valence-electron chi connectivity index (χ4n) is 1.82. The summed E-state index contributed by atoms with van der Waals surface area (Å²) in [4.78, 5) is 24.3. The Hall–Kier alpha value is -0.900. The topological polar surface area (TPSA) is 46.6 Å². The van der Waals surface area contributed by atoms with Gasteiger partial charge in [0.05, 0.1) is 12.2 Å². The highest BCUT2D eigenvalue weighted by molar-refractivity contribution is 5.83. The van der Waals surface area contributed by atoms with Crippen LogP contribution in [0, 0.1) is 0 Å². The van der Waals surface area contributed by atoms with E-state index in [9.17, 15) is 9.59 Å². The highest BCUT2D eigenvalue weighted by Crippen LogP contribution is 2.12. The molecule has 0 aromatic carbocycles. The number of hydrogen-bond acceptors (Lipinski definition) is 3. The van der Waals surface area contributed by atoms with E-state index in [4.69, 9.17) is 4.74 Å². The Morgan fingerprint density at radius 2 is 1.73 bits per heavy atom. The predicted octanol–water partition coefficient (Wildman–Crippen LogP) is 0.991. The van der Waals surface area contributed by atoms with Gasteiger partial charge in [-0.05, 0) is 20.8 Å². The molecule has 4 nitrogen and oxygen atoms in total. The maximum atomic E-state index is 11.7. The molecule has 2 atom stereocenters. The molecule has 0 aromatic rings. The molecule has 0 bridgehead atoms. The Bertz CT molecular complexity index is 242. The van der Waals surface area contributed by atoms with E-state index in [1.807, 2.05) is 13.8 Å². The van der Waals surface area contributed by atoms with Gasteiger partial charge in [0.2, 0.25) is 5.91 Å². The van der Waals surface area contributed by atoms with Crippen LogP contribution < -0.4 is 0 Å². The summed E-state index contributed by atoms with van der Waals surface area (Å²) in [5.74, 6) is 0.130. The second kappa shape index (κ2) is 5.26. The average molecular weight is 213 g/mol. The minimum absolute atomic E-state index is 0.0622. The molecule has 1 rings (SSSR count). The second-order valence-electron chi connectivity index (χ2n) is 4.26. The number of morpholine rings is 1. The monoisotopic (exact) mass is 213 g/mol. The Labute approximate surface area is 90.6 Å². The molecule has 1 aliphatic rings. The predicted molar refractivity (Wildman–Crippen MR) is 56.5 cm³/mol. The largest absolute Gasteiger partial charge is 0.372 e. The van der Waals surface area contributed by atoms with Crippen LogP contribution in [0.5, 0.6) is 0 Å². The summed E-state index contributed by atoms with van der Waals surface area (Å²) >= 11 is 0. The lowest BCUT2D eigenvalue weighted by molar-refractivity contribution is -0.144. The third kappa shape index (κ3) is 4.00. The lowest BCUT2D eigenvalue weighted by atomic mass is 10.2. The van der Waals surface area contributed by atoms with Crippen LogP contribution in [0.4, 0.5) is 0 Å². The first-order valence-electron chi connectivity index (χ1n) is 5.41. The van der Waals surface area contributed by atoms with E-state index in [2.05, 4.69) is 0 Å². The van der Waals surface area contributed by atoms with Crippen molar-refractivity contribution in [3.05, 3.63) is 0 Å². The van der Waals surface area contributed by atoms with Crippen molar-refractivity contribution in [2.45, 2.75) is 45.8 Å². The van der Waals surface area contributed by atoms with Crippen LogP contribution in [-0.2, 0) is 14.3 Å². The van der Waals surface area contributed by atoms with E-state index in [1.165, 1.54) is 6.92 Å². The molecular weight excluding hydrogens is 194 g/mol. The molecule has 0 aliphatic carbocycles. The van der Waals surface area contributed by atoms with E-state index < -0.39 is 0 Å². The van der Waals surface area contributed by atoms with E-state index in [0.717, 1.165) is 0 Å². The third-order valence-corrected chi connectivity index (χ3v) is 2.46. The van der Waals surface area contributed by atoms with Crippen molar-refractivity contribution in [2.75, 3.05) is 13.1 Å². The van der Waals surface area contributed by atoms with Gasteiger partial charge in [-0.1, -0.05) is 0 Å². The van der Waals surface area contributed by atoms with Crippen LogP contribution >= 0.6 is 0 Å². The minimum Gasteiger partial charge on any atom is -0.372 e. The molecule has 1 heterocycles. The highest BCUT2D eigenvalue weighted by Gasteiger charge is 2.25. The van der Waals surface area contributed by atoms with Gasteiger partial charge in [0.15, 0.2) is 0 Å². The smallest absolute Gasteiger partial charge is 0.223 e. The number of rotatable bonds is 3. The van der Waals surface area contributed by atoms with Gasteiger partial charge in [-0.2, -0.15) is 0 Å². The molecule has 0 radical (unpaired) electrons. The number of hydrogen-bond donors (Lipinski definition) is 0. The molecule has 4 heteroatoms. The van der Waals surface area contributed by atoms with Crippen LogP contribution in [0.3, 0.4) is 0 Å². The highest BCUT2D eigenvalue weighted by atomic mass is 16.5. The van der Waals surface area contributed by atoms with Crippen molar-refractivity contribution in [1.82, 2.24) is 4.90 Å². The molecule has 2 unspecified atom stereocenters. The van der Waals surface area contributed by atoms with E-state index >= 15 is 0 Å². The number of carbonyl (C=O) groups excluding carboxylic acids is 2. The van der Waals surface area contributed by atoms with Crippen molar-refractivity contribution in [2.24, 2.45) is 0 Å². The van der Waals surface area contributed by atoms with Crippen molar-refractivity contribution in [3.63, 3.8) is 0 Å². The van der Waals surface area contributed by atoms with E-state index in [0.29, 0.717) is 25.9 Å². The molecule has 0 spiro atoms. The zero-order valence-electron chi connectivity index (χ0n) is 9.66. The van der Waals surface area contributed by atoms with Crippen LogP contribution in [0.25, 0.3) is 0 Å². The average Bonchev–Trinajstić information content (AvgIpc) is 2.12. The molecule has 1 fully saturated rings. The van der Waals surface area contributed by atoms with Gasteiger partial charge in [0.1, 0.15) is 5.78 Å². The SMILES string of the molecule is CC(=O)CCC(=O)N1CC(C)OC(C)C1.